The molecule has 0 saturated carbocycles. The van der Waals surface area contributed by atoms with Gasteiger partial charge >= 0.3 is 11.4 Å². The second-order valence-corrected chi connectivity index (χ2v) is 4.14. The summed E-state index contributed by atoms with van der Waals surface area (Å²) in [6.07, 6.45) is 0. The summed E-state index contributed by atoms with van der Waals surface area (Å²) < 4.78 is 0. The number of phenols is 1. The molecule has 1 N–H and O–H groups in total. The highest BCUT2D eigenvalue weighted by Gasteiger charge is 2.29. The first kappa shape index (κ1) is 13.5. The third kappa shape index (κ3) is 2.16. The molecule has 0 spiro atoms. The minimum atomic E-state index is -0.792. The van der Waals surface area contributed by atoms with Gasteiger partial charge in [-0.2, -0.15) is 0 Å². The summed E-state index contributed by atoms with van der Waals surface area (Å²) in [6, 6.07) is 8.43. The summed E-state index contributed by atoms with van der Waals surface area (Å²) >= 11 is 0. The van der Waals surface area contributed by atoms with Crippen molar-refractivity contribution in [3.05, 3.63) is 62.2 Å². The molecule has 102 valence electrons. The first-order chi connectivity index (χ1) is 9.43. The summed E-state index contributed by atoms with van der Waals surface area (Å²) in [5.41, 5.74) is -0.226. The Morgan fingerprint density at radius 2 is 1.55 bits per heavy atom. The van der Waals surface area contributed by atoms with Crippen LogP contribution in [0.15, 0.2) is 36.4 Å². The van der Waals surface area contributed by atoms with Crippen LogP contribution in [-0.2, 0) is 0 Å². The molecular formula is C13H10N2O5. The lowest BCUT2D eigenvalue weighted by Crippen LogP contribution is -1.99. The number of rotatable bonds is 3. The largest absolute Gasteiger partial charge is 0.508 e. The molecule has 7 heteroatoms. The molecule has 0 amide bonds. The summed E-state index contributed by atoms with van der Waals surface area (Å²) in [6.45, 7) is 1.59. The molecule has 0 bridgehead atoms. The van der Waals surface area contributed by atoms with Crippen LogP contribution in [0.4, 0.5) is 11.4 Å². The van der Waals surface area contributed by atoms with Crippen molar-refractivity contribution in [2.24, 2.45) is 0 Å². The number of aromatic hydroxyl groups is 1. The fraction of sp³-hybridized carbons (Fsp3) is 0.0769. The molecule has 0 aromatic heterocycles. The van der Waals surface area contributed by atoms with Crippen LogP contribution in [0, 0.1) is 27.2 Å². The van der Waals surface area contributed by atoms with Crippen LogP contribution >= 0.6 is 0 Å². The molecule has 2 aromatic rings. The zero-order chi connectivity index (χ0) is 14.9. The van der Waals surface area contributed by atoms with E-state index in [0.29, 0.717) is 11.1 Å². The van der Waals surface area contributed by atoms with E-state index in [1.165, 1.54) is 24.3 Å². The Bertz CT molecular complexity index is 712. The number of nitrogens with zero attached hydrogens (tertiary/aromatic N) is 2. The topological polar surface area (TPSA) is 107 Å². The van der Waals surface area contributed by atoms with E-state index < -0.39 is 21.2 Å². The van der Waals surface area contributed by atoms with E-state index in [1.807, 2.05) is 0 Å². The molecule has 0 radical (unpaired) electrons. The smallest absolute Gasteiger partial charge is 0.353 e. The van der Waals surface area contributed by atoms with E-state index in [1.54, 1.807) is 13.0 Å². The lowest BCUT2D eigenvalue weighted by molar-refractivity contribution is -0.422. The van der Waals surface area contributed by atoms with Gasteiger partial charge in [-0.05, 0) is 30.2 Å². The number of nitro groups is 2. The van der Waals surface area contributed by atoms with Gasteiger partial charge in [0.2, 0.25) is 0 Å². The van der Waals surface area contributed by atoms with Crippen LogP contribution < -0.4 is 0 Å². The molecule has 0 aliphatic carbocycles. The number of para-hydroxylation sites is 1. The molecule has 0 saturated heterocycles. The van der Waals surface area contributed by atoms with Gasteiger partial charge < -0.3 is 5.11 Å². The average molecular weight is 274 g/mol. The minimum absolute atomic E-state index is 0.0247. The molecule has 0 heterocycles. The molecule has 20 heavy (non-hydrogen) atoms. The Hall–Kier alpha value is -2.96. The van der Waals surface area contributed by atoms with Crippen LogP contribution in [0.1, 0.15) is 5.56 Å². The number of hydrogen-bond donors (Lipinski definition) is 1. The molecule has 2 rings (SSSR count). The van der Waals surface area contributed by atoms with Crippen molar-refractivity contribution in [2.45, 2.75) is 6.92 Å². The molecule has 0 atom stereocenters. The van der Waals surface area contributed by atoms with E-state index in [-0.39, 0.29) is 11.3 Å². The molecular weight excluding hydrogens is 264 g/mol. The van der Waals surface area contributed by atoms with Crippen LogP contribution in [0.2, 0.25) is 0 Å². The standard InChI is InChI=1S/C13H10N2O5/c1-8-9(4-3-7-12(8)16)10-5-2-6-11(14(17)18)13(10)15(19)20/h2-7,16H,1H3. The first-order valence-corrected chi connectivity index (χ1v) is 5.64. The van der Waals surface area contributed by atoms with E-state index in [2.05, 4.69) is 0 Å². The van der Waals surface area contributed by atoms with Crippen LogP contribution in [0.3, 0.4) is 0 Å². The van der Waals surface area contributed by atoms with Crippen molar-refractivity contribution < 1.29 is 15.0 Å². The van der Waals surface area contributed by atoms with E-state index in [4.69, 9.17) is 0 Å². The highest BCUT2D eigenvalue weighted by molar-refractivity contribution is 5.82. The van der Waals surface area contributed by atoms with Crippen molar-refractivity contribution in [1.82, 2.24) is 0 Å². The van der Waals surface area contributed by atoms with Crippen molar-refractivity contribution in [3.63, 3.8) is 0 Å². The quantitative estimate of drug-likeness (QED) is 0.683. The van der Waals surface area contributed by atoms with Crippen LogP contribution in [0.5, 0.6) is 5.75 Å². The van der Waals surface area contributed by atoms with Gasteiger partial charge in [-0.15, -0.1) is 0 Å². The maximum absolute atomic E-state index is 11.2. The highest BCUT2D eigenvalue weighted by atomic mass is 16.6. The molecule has 7 nitrogen and oxygen atoms in total. The lowest BCUT2D eigenvalue weighted by atomic mass is 9.97. The van der Waals surface area contributed by atoms with Crippen molar-refractivity contribution in [3.8, 4) is 16.9 Å². The van der Waals surface area contributed by atoms with Gasteiger partial charge in [0.15, 0.2) is 0 Å². The number of benzene rings is 2. The van der Waals surface area contributed by atoms with E-state index in [0.717, 1.165) is 6.07 Å². The minimum Gasteiger partial charge on any atom is -0.508 e. The molecule has 0 aliphatic heterocycles. The van der Waals surface area contributed by atoms with Crippen molar-refractivity contribution in [1.29, 1.82) is 0 Å². The van der Waals surface area contributed by atoms with Crippen LogP contribution in [0.25, 0.3) is 11.1 Å². The zero-order valence-electron chi connectivity index (χ0n) is 10.4. The number of phenolic OH excluding ortho intramolecular Hbond substituents is 1. The SMILES string of the molecule is Cc1c(O)cccc1-c1cccc([N+](=O)[O-])c1[N+](=O)[O-]. The molecule has 0 aliphatic rings. The zero-order valence-corrected chi connectivity index (χ0v) is 10.4. The van der Waals surface area contributed by atoms with Gasteiger partial charge in [0.1, 0.15) is 5.75 Å². The predicted octanol–water partition coefficient (Wildman–Crippen LogP) is 3.18. The number of nitro benzene ring substituents is 2. The fourth-order valence-electron chi connectivity index (χ4n) is 2.00. The maximum Gasteiger partial charge on any atom is 0.353 e. The Morgan fingerprint density at radius 3 is 2.15 bits per heavy atom. The molecule has 0 unspecified atom stereocenters. The van der Waals surface area contributed by atoms with E-state index in [9.17, 15) is 25.3 Å². The summed E-state index contributed by atoms with van der Waals surface area (Å²) in [7, 11) is 0. The third-order valence-corrected chi connectivity index (χ3v) is 2.99. The second kappa shape index (κ2) is 4.96. The Kier molecular flexibility index (Phi) is 3.34. The maximum atomic E-state index is 11.2. The second-order valence-electron chi connectivity index (χ2n) is 4.14. The summed E-state index contributed by atoms with van der Waals surface area (Å²) in [4.78, 5) is 20.5. The van der Waals surface area contributed by atoms with Gasteiger partial charge in [-0.1, -0.05) is 18.2 Å². The van der Waals surface area contributed by atoms with Gasteiger partial charge in [0.05, 0.1) is 15.4 Å². The Labute approximate surface area is 113 Å². The lowest BCUT2D eigenvalue weighted by Gasteiger charge is -2.08. The Morgan fingerprint density at radius 1 is 0.950 bits per heavy atom. The van der Waals surface area contributed by atoms with E-state index >= 15 is 0 Å². The van der Waals surface area contributed by atoms with Crippen molar-refractivity contribution in [2.75, 3.05) is 0 Å². The number of hydrogen-bond acceptors (Lipinski definition) is 5. The average Bonchev–Trinajstić information content (AvgIpc) is 2.40. The predicted molar refractivity (Wildman–Crippen MR) is 71.6 cm³/mol. The molecule has 0 fully saturated rings. The van der Waals surface area contributed by atoms with Gasteiger partial charge in [-0.25, -0.2) is 0 Å². The van der Waals surface area contributed by atoms with Crippen LogP contribution in [-0.4, -0.2) is 15.0 Å². The third-order valence-electron chi connectivity index (χ3n) is 2.99. The van der Waals surface area contributed by atoms with Gasteiger partial charge in [-0.3, -0.25) is 20.2 Å². The molecule has 2 aromatic carbocycles. The first-order valence-electron chi connectivity index (χ1n) is 5.64. The normalized spacial score (nSPS) is 10.2. The highest BCUT2D eigenvalue weighted by Crippen LogP contribution is 2.40. The summed E-state index contributed by atoms with van der Waals surface area (Å²) in [5, 5.41) is 31.7. The monoisotopic (exact) mass is 274 g/mol. The summed E-state index contributed by atoms with van der Waals surface area (Å²) in [5.74, 6) is -0.0247. The fourth-order valence-corrected chi connectivity index (χ4v) is 2.00. The Balaban J connectivity index is 2.81. The van der Waals surface area contributed by atoms with Crippen molar-refractivity contribution >= 4 is 11.4 Å². The van der Waals surface area contributed by atoms with Gasteiger partial charge in [0.25, 0.3) is 0 Å². The van der Waals surface area contributed by atoms with Gasteiger partial charge in [0, 0.05) is 6.07 Å².